The lowest BCUT2D eigenvalue weighted by Crippen LogP contribution is -2.37. The molecule has 1 aliphatic heterocycles. The summed E-state index contributed by atoms with van der Waals surface area (Å²) in [5.41, 5.74) is 0.561. The van der Waals surface area contributed by atoms with Crippen molar-refractivity contribution in [2.75, 3.05) is 24.5 Å². The fourth-order valence-corrected chi connectivity index (χ4v) is 4.70. The average Bonchev–Trinajstić information content (AvgIpc) is 3.35. The minimum Gasteiger partial charge on any atom is -0.459 e. The number of carbonyl (C=O) groups is 1. The topological polar surface area (TPSA) is 45.7 Å². The average molecular weight is 402 g/mol. The Morgan fingerprint density at radius 3 is 2.79 bits per heavy atom. The SMILES string of the molecule is CCc1ccc(CN(CC)C2CCN(c3ncccc3C(=O)OC(C)C)C2)s1. The number of ether oxygens (including phenoxy) is 1. The summed E-state index contributed by atoms with van der Waals surface area (Å²) in [4.78, 5) is 24.6. The number of pyridine rings is 1. The minimum atomic E-state index is -0.292. The van der Waals surface area contributed by atoms with E-state index in [1.165, 1.54) is 9.75 Å². The van der Waals surface area contributed by atoms with Crippen LogP contribution in [0.15, 0.2) is 30.5 Å². The second-order valence-corrected chi connectivity index (χ2v) is 8.75. The summed E-state index contributed by atoms with van der Waals surface area (Å²) in [7, 11) is 0. The summed E-state index contributed by atoms with van der Waals surface area (Å²) in [5, 5.41) is 0. The molecule has 0 amide bonds. The van der Waals surface area contributed by atoms with Gasteiger partial charge in [-0.1, -0.05) is 13.8 Å². The number of nitrogens with zero attached hydrogens (tertiary/aromatic N) is 3. The summed E-state index contributed by atoms with van der Waals surface area (Å²) < 4.78 is 5.41. The van der Waals surface area contributed by atoms with E-state index >= 15 is 0 Å². The Morgan fingerprint density at radius 2 is 2.11 bits per heavy atom. The van der Waals surface area contributed by atoms with Crippen molar-refractivity contribution in [3.8, 4) is 0 Å². The van der Waals surface area contributed by atoms with Gasteiger partial charge in [-0.2, -0.15) is 0 Å². The predicted octanol–water partition coefficient (Wildman–Crippen LogP) is 4.37. The highest BCUT2D eigenvalue weighted by molar-refractivity contribution is 7.11. The second kappa shape index (κ2) is 9.52. The number of carbonyl (C=O) groups excluding carboxylic acids is 1. The fourth-order valence-electron chi connectivity index (χ4n) is 3.71. The van der Waals surface area contributed by atoms with Crippen molar-refractivity contribution >= 4 is 23.1 Å². The summed E-state index contributed by atoms with van der Waals surface area (Å²) in [6.45, 7) is 12.0. The van der Waals surface area contributed by atoms with E-state index in [1.807, 2.05) is 31.3 Å². The molecule has 152 valence electrons. The molecule has 0 N–H and O–H groups in total. The molecule has 6 heteroatoms. The normalized spacial score (nSPS) is 16.9. The van der Waals surface area contributed by atoms with Gasteiger partial charge in [0.1, 0.15) is 11.4 Å². The van der Waals surface area contributed by atoms with Crippen molar-refractivity contribution in [1.29, 1.82) is 0 Å². The van der Waals surface area contributed by atoms with Crippen LogP contribution in [0.25, 0.3) is 0 Å². The summed E-state index contributed by atoms with van der Waals surface area (Å²) in [5.74, 6) is 0.454. The molecule has 3 heterocycles. The first-order valence-electron chi connectivity index (χ1n) is 10.2. The van der Waals surface area contributed by atoms with Gasteiger partial charge in [-0.05, 0) is 57.5 Å². The third kappa shape index (κ3) is 4.92. The van der Waals surface area contributed by atoms with Crippen LogP contribution in [-0.4, -0.2) is 47.6 Å². The molecule has 28 heavy (non-hydrogen) atoms. The maximum absolute atomic E-state index is 12.5. The van der Waals surface area contributed by atoms with E-state index in [9.17, 15) is 4.79 Å². The Labute approximate surface area is 172 Å². The number of hydrogen-bond donors (Lipinski definition) is 0. The molecule has 0 bridgehead atoms. The molecule has 2 aromatic heterocycles. The number of aromatic nitrogens is 1. The molecule has 0 aromatic carbocycles. The molecule has 1 aliphatic rings. The van der Waals surface area contributed by atoms with Crippen molar-refractivity contribution in [3.05, 3.63) is 45.8 Å². The van der Waals surface area contributed by atoms with Crippen molar-refractivity contribution in [1.82, 2.24) is 9.88 Å². The third-order valence-electron chi connectivity index (χ3n) is 5.16. The lowest BCUT2D eigenvalue weighted by Gasteiger charge is -2.27. The predicted molar refractivity (Wildman–Crippen MR) is 115 cm³/mol. The Bertz CT molecular complexity index is 790. The standard InChI is InChI=1S/C22H31N3O2S/c1-5-18-9-10-19(28-18)15-24(6-2)17-11-13-25(14-17)21-20(8-7-12-23-21)22(26)27-16(3)4/h7-10,12,16-17H,5-6,11,13-15H2,1-4H3. The molecular formula is C22H31N3O2S. The molecule has 0 saturated carbocycles. The van der Waals surface area contributed by atoms with Crippen LogP contribution >= 0.6 is 11.3 Å². The van der Waals surface area contributed by atoms with Crippen molar-refractivity contribution in [2.45, 2.75) is 59.2 Å². The van der Waals surface area contributed by atoms with E-state index in [1.54, 1.807) is 12.3 Å². The lowest BCUT2D eigenvalue weighted by molar-refractivity contribution is 0.0378. The molecule has 1 atom stereocenters. The molecule has 5 nitrogen and oxygen atoms in total. The first kappa shape index (κ1) is 20.8. The number of aryl methyl sites for hydroxylation is 1. The molecule has 2 aromatic rings. The van der Waals surface area contributed by atoms with Gasteiger partial charge in [-0.15, -0.1) is 11.3 Å². The molecule has 0 radical (unpaired) electrons. The van der Waals surface area contributed by atoms with Crippen LogP contribution in [-0.2, 0) is 17.7 Å². The van der Waals surface area contributed by atoms with E-state index in [4.69, 9.17) is 4.74 Å². The van der Waals surface area contributed by atoms with Gasteiger partial charge >= 0.3 is 5.97 Å². The van der Waals surface area contributed by atoms with E-state index in [0.717, 1.165) is 44.8 Å². The highest BCUT2D eigenvalue weighted by atomic mass is 32.1. The molecule has 0 spiro atoms. The molecule has 1 saturated heterocycles. The van der Waals surface area contributed by atoms with E-state index < -0.39 is 0 Å². The third-order valence-corrected chi connectivity index (χ3v) is 6.37. The van der Waals surface area contributed by atoms with Gasteiger partial charge < -0.3 is 9.64 Å². The fraction of sp³-hybridized carbons (Fsp3) is 0.545. The van der Waals surface area contributed by atoms with E-state index in [2.05, 4.69) is 40.8 Å². The largest absolute Gasteiger partial charge is 0.459 e. The Balaban J connectivity index is 1.69. The summed E-state index contributed by atoms with van der Waals surface area (Å²) in [6, 6.07) is 8.59. The van der Waals surface area contributed by atoms with Crippen molar-refractivity contribution in [2.24, 2.45) is 0 Å². The van der Waals surface area contributed by atoms with Gasteiger partial charge in [0.05, 0.1) is 6.10 Å². The van der Waals surface area contributed by atoms with E-state index in [0.29, 0.717) is 11.6 Å². The minimum absolute atomic E-state index is 0.138. The summed E-state index contributed by atoms with van der Waals surface area (Å²) in [6.07, 6.45) is 3.80. The number of thiophene rings is 1. The molecule has 3 rings (SSSR count). The number of rotatable bonds is 8. The van der Waals surface area contributed by atoms with Gasteiger partial charge in [0.25, 0.3) is 0 Å². The highest BCUT2D eigenvalue weighted by Crippen LogP contribution is 2.27. The number of anilines is 1. The Kier molecular flexibility index (Phi) is 7.08. The quantitative estimate of drug-likeness (QED) is 0.615. The maximum atomic E-state index is 12.5. The Morgan fingerprint density at radius 1 is 1.32 bits per heavy atom. The van der Waals surface area contributed by atoms with Crippen LogP contribution in [0.4, 0.5) is 5.82 Å². The van der Waals surface area contributed by atoms with Crippen LogP contribution in [0, 0.1) is 0 Å². The molecule has 1 fully saturated rings. The van der Waals surface area contributed by atoms with Crippen LogP contribution in [0.3, 0.4) is 0 Å². The number of likely N-dealkylation sites (N-methyl/N-ethyl adjacent to an activating group) is 1. The van der Waals surface area contributed by atoms with Crippen LogP contribution in [0.5, 0.6) is 0 Å². The zero-order valence-electron chi connectivity index (χ0n) is 17.4. The molecule has 1 unspecified atom stereocenters. The van der Waals surface area contributed by atoms with E-state index in [-0.39, 0.29) is 12.1 Å². The smallest absolute Gasteiger partial charge is 0.342 e. The van der Waals surface area contributed by atoms with Crippen molar-refractivity contribution in [3.63, 3.8) is 0 Å². The van der Waals surface area contributed by atoms with Crippen molar-refractivity contribution < 1.29 is 9.53 Å². The first-order valence-corrected chi connectivity index (χ1v) is 11.1. The number of hydrogen-bond acceptors (Lipinski definition) is 6. The maximum Gasteiger partial charge on any atom is 0.342 e. The van der Waals surface area contributed by atoms with Crippen LogP contribution < -0.4 is 4.90 Å². The zero-order valence-corrected chi connectivity index (χ0v) is 18.2. The van der Waals surface area contributed by atoms with Gasteiger partial charge in [0.2, 0.25) is 0 Å². The van der Waals surface area contributed by atoms with Gasteiger partial charge in [0, 0.05) is 41.6 Å². The summed E-state index contributed by atoms with van der Waals surface area (Å²) >= 11 is 1.92. The molecule has 0 aliphatic carbocycles. The monoisotopic (exact) mass is 401 g/mol. The van der Waals surface area contributed by atoms with Gasteiger partial charge in [0.15, 0.2) is 0 Å². The number of esters is 1. The first-order chi connectivity index (χ1) is 13.5. The van der Waals surface area contributed by atoms with Crippen LogP contribution in [0.2, 0.25) is 0 Å². The lowest BCUT2D eigenvalue weighted by atomic mass is 10.2. The molecular weight excluding hydrogens is 370 g/mol. The zero-order chi connectivity index (χ0) is 20.1. The Hall–Kier alpha value is -1.92. The van der Waals surface area contributed by atoms with Crippen LogP contribution in [0.1, 0.15) is 54.2 Å². The second-order valence-electron chi connectivity index (χ2n) is 7.50. The van der Waals surface area contributed by atoms with Gasteiger partial charge in [-0.25, -0.2) is 9.78 Å². The van der Waals surface area contributed by atoms with Gasteiger partial charge in [-0.3, -0.25) is 4.90 Å². The highest BCUT2D eigenvalue weighted by Gasteiger charge is 2.30.